The van der Waals surface area contributed by atoms with Gasteiger partial charge in [0.25, 0.3) is 0 Å². The van der Waals surface area contributed by atoms with Crippen LogP contribution < -0.4 is 0 Å². The van der Waals surface area contributed by atoms with Crippen LogP contribution in [-0.4, -0.2) is 39.4 Å². The molecule has 1 unspecified atom stereocenters. The van der Waals surface area contributed by atoms with Crippen LogP contribution in [0.5, 0.6) is 0 Å². The maximum absolute atomic E-state index is 9.59. The van der Waals surface area contributed by atoms with Crippen LogP contribution in [0.3, 0.4) is 0 Å². The first kappa shape index (κ1) is 11.2. The maximum Gasteiger partial charge on any atom is 0.230 e. The Morgan fingerprint density at radius 1 is 1.24 bits per heavy atom. The van der Waals surface area contributed by atoms with Crippen molar-refractivity contribution >= 4 is 0 Å². The van der Waals surface area contributed by atoms with E-state index in [9.17, 15) is 5.11 Å². The van der Waals surface area contributed by atoms with Gasteiger partial charge in [-0.2, -0.15) is 0 Å². The van der Waals surface area contributed by atoms with Gasteiger partial charge in [-0.1, -0.05) is 6.42 Å². The van der Waals surface area contributed by atoms with Gasteiger partial charge in [0.15, 0.2) is 0 Å². The van der Waals surface area contributed by atoms with Crippen molar-refractivity contribution in [3.63, 3.8) is 0 Å². The van der Waals surface area contributed by atoms with Crippen molar-refractivity contribution in [2.75, 3.05) is 13.1 Å². The number of hydrogen-bond acceptors (Lipinski definition) is 5. The molecule has 1 N–H and O–H groups in total. The van der Waals surface area contributed by atoms with E-state index < -0.39 is 0 Å². The van der Waals surface area contributed by atoms with Crippen LogP contribution in [0.2, 0.25) is 0 Å². The van der Waals surface area contributed by atoms with Crippen LogP contribution in [0.1, 0.15) is 49.8 Å². The summed E-state index contributed by atoms with van der Waals surface area (Å²) in [5.74, 6) is 2.01. The fourth-order valence-electron chi connectivity index (χ4n) is 2.52. The molecule has 2 aliphatic rings. The molecule has 0 amide bonds. The smallest absolute Gasteiger partial charge is 0.230 e. The van der Waals surface area contributed by atoms with E-state index >= 15 is 0 Å². The molecule has 1 saturated carbocycles. The second-order valence-corrected chi connectivity index (χ2v) is 5.19. The summed E-state index contributed by atoms with van der Waals surface area (Å²) < 4.78 is 5.68. The number of aliphatic hydroxyl groups excluding tert-OH is 1. The average Bonchev–Trinajstić information content (AvgIpc) is 2.63. The number of aliphatic hydroxyl groups is 1. The molecule has 5 heteroatoms. The molecule has 1 saturated heterocycles. The molecular formula is C12H19N3O2. The van der Waals surface area contributed by atoms with Gasteiger partial charge in [0.1, 0.15) is 0 Å². The van der Waals surface area contributed by atoms with Gasteiger partial charge in [-0.25, -0.2) is 0 Å². The molecule has 1 aliphatic heterocycles. The van der Waals surface area contributed by atoms with E-state index in [0.29, 0.717) is 18.4 Å². The summed E-state index contributed by atoms with van der Waals surface area (Å²) in [6, 6.07) is 0. The normalized spacial score (nSPS) is 27.0. The lowest BCUT2D eigenvalue weighted by molar-refractivity contribution is 0.0620. The second kappa shape index (κ2) is 4.74. The Kier molecular flexibility index (Phi) is 3.11. The van der Waals surface area contributed by atoms with Gasteiger partial charge in [-0.3, -0.25) is 4.90 Å². The predicted octanol–water partition coefficient (Wildman–Crippen LogP) is 1.29. The molecule has 0 spiro atoms. The van der Waals surface area contributed by atoms with Crippen molar-refractivity contribution in [3.8, 4) is 0 Å². The zero-order chi connectivity index (χ0) is 11.7. The molecular weight excluding hydrogens is 218 g/mol. The maximum atomic E-state index is 9.59. The third-order valence-corrected chi connectivity index (χ3v) is 3.78. The van der Waals surface area contributed by atoms with Crippen LogP contribution >= 0.6 is 0 Å². The summed E-state index contributed by atoms with van der Waals surface area (Å²) in [5.41, 5.74) is 0. The minimum Gasteiger partial charge on any atom is -0.424 e. The van der Waals surface area contributed by atoms with Gasteiger partial charge >= 0.3 is 0 Å². The van der Waals surface area contributed by atoms with Crippen LogP contribution in [0.4, 0.5) is 0 Å². The largest absolute Gasteiger partial charge is 0.424 e. The first-order valence-corrected chi connectivity index (χ1v) is 6.54. The zero-order valence-electron chi connectivity index (χ0n) is 10.0. The molecule has 1 atom stereocenters. The molecule has 5 nitrogen and oxygen atoms in total. The lowest BCUT2D eigenvalue weighted by Crippen LogP contribution is -2.37. The van der Waals surface area contributed by atoms with Crippen molar-refractivity contribution in [1.82, 2.24) is 15.1 Å². The molecule has 0 bridgehead atoms. The summed E-state index contributed by atoms with van der Waals surface area (Å²) in [6.45, 7) is 2.41. The van der Waals surface area contributed by atoms with Crippen molar-refractivity contribution in [1.29, 1.82) is 0 Å². The second-order valence-electron chi connectivity index (χ2n) is 5.19. The predicted molar refractivity (Wildman–Crippen MR) is 61.4 cm³/mol. The van der Waals surface area contributed by atoms with Gasteiger partial charge in [-0.15, -0.1) is 10.2 Å². The molecule has 2 fully saturated rings. The van der Waals surface area contributed by atoms with E-state index in [1.165, 1.54) is 19.3 Å². The lowest BCUT2D eigenvalue weighted by atomic mass is 9.85. The van der Waals surface area contributed by atoms with Gasteiger partial charge in [0.05, 0.1) is 12.6 Å². The Morgan fingerprint density at radius 2 is 2.12 bits per heavy atom. The summed E-state index contributed by atoms with van der Waals surface area (Å²) in [6.07, 6.45) is 5.41. The van der Waals surface area contributed by atoms with Crippen molar-refractivity contribution in [2.45, 2.75) is 50.7 Å². The number of aromatic nitrogens is 2. The van der Waals surface area contributed by atoms with Gasteiger partial charge in [-0.05, 0) is 32.2 Å². The molecule has 1 aromatic rings. The number of rotatable bonds is 3. The SMILES string of the molecule is OC1CCCN(Cc2nnc(C3CCC3)o2)C1. The van der Waals surface area contributed by atoms with Crippen LogP contribution in [0.25, 0.3) is 0 Å². The first-order valence-electron chi connectivity index (χ1n) is 6.54. The average molecular weight is 237 g/mol. The highest BCUT2D eigenvalue weighted by Gasteiger charge is 2.26. The molecule has 1 aliphatic carbocycles. The number of hydrogen-bond donors (Lipinski definition) is 1. The summed E-state index contributed by atoms with van der Waals surface area (Å²) in [4.78, 5) is 2.19. The van der Waals surface area contributed by atoms with Gasteiger partial charge < -0.3 is 9.52 Å². The minimum absolute atomic E-state index is 0.197. The monoisotopic (exact) mass is 237 g/mol. The number of likely N-dealkylation sites (tertiary alicyclic amines) is 1. The number of nitrogens with zero attached hydrogens (tertiary/aromatic N) is 3. The Labute approximate surface area is 101 Å². The molecule has 17 heavy (non-hydrogen) atoms. The van der Waals surface area contributed by atoms with Gasteiger partial charge in [0.2, 0.25) is 11.8 Å². The van der Waals surface area contributed by atoms with Crippen molar-refractivity contribution in [3.05, 3.63) is 11.8 Å². The van der Waals surface area contributed by atoms with Crippen molar-refractivity contribution in [2.24, 2.45) is 0 Å². The Morgan fingerprint density at radius 3 is 2.82 bits per heavy atom. The molecule has 3 rings (SSSR count). The quantitative estimate of drug-likeness (QED) is 0.858. The minimum atomic E-state index is -0.197. The molecule has 1 aromatic heterocycles. The van der Waals surface area contributed by atoms with E-state index in [1.54, 1.807) is 0 Å². The van der Waals surface area contributed by atoms with E-state index in [4.69, 9.17) is 4.42 Å². The first-order chi connectivity index (χ1) is 8.31. The van der Waals surface area contributed by atoms with Gasteiger partial charge in [0, 0.05) is 12.5 Å². The third-order valence-electron chi connectivity index (χ3n) is 3.78. The zero-order valence-corrected chi connectivity index (χ0v) is 10.0. The number of piperidine rings is 1. The molecule has 0 aromatic carbocycles. The Hall–Kier alpha value is -0.940. The fourth-order valence-corrected chi connectivity index (χ4v) is 2.52. The van der Waals surface area contributed by atoms with E-state index in [1.807, 2.05) is 0 Å². The van der Waals surface area contributed by atoms with Crippen LogP contribution in [0, 0.1) is 0 Å². The van der Waals surface area contributed by atoms with Crippen LogP contribution in [0.15, 0.2) is 4.42 Å². The summed E-state index contributed by atoms with van der Waals surface area (Å²) in [7, 11) is 0. The topological polar surface area (TPSA) is 62.4 Å². The van der Waals surface area contributed by atoms with E-state index in [-0.39, 0.29) is 6.10 Å². The molecule has 2 heterocycles. The highest BCUT2D eigenvalue weighted by Crippen LogP contribution is 2.35. The Balaban J connectivity index is 1.58. The summed E-state index contributed by atoms with van der Waals surface area (Å²) in [5, 5.41) is 17.8. The highest BCUT2D eigenvalue weighted by molar-refractivity contribution is 4.96. The summed E-state index contributed by atoms with van der Waals surface area (Å²) >= 11 is 0. The fraction of sp³-hybridized carbons (Fsp3) is 0.833. The highest BCUT2D eigenvalue weighted by atomic mass is 16.4. The lowest BCUT2D eigenvalue weighted by Gasteiger charge is -2.28. The van der Waals surface area contributed by atoms with Crippen LogP contribution in [-0.2, 0) is 6.54 Å². The molecule has 94 valence electrons. The number of β-amino-alcohol motifs (C(OH)–C–C–N with tert-alkyl or cyclic N) is 1. The Bertz CT molecular complexity index is 376. The van der Waals surface area contributed by atoms with Crippen molar-refractivity contribution < 1.29 is 9.52 Å². The standard InChI is InChI=1S/C12H19N3O2/c16-10-5-2-6-15(7-10)8-11-13-14-12(17-11)9-3-1-4-9/h9-10,16H,1-8H2. The molecule has 0 radical (unpaired) electrons. The van der Waals surface area contributed by atoms with E-state index in [2.05, 4.69) is 15.1 Å². The third kappa shape index (κ3) is 2.50. The van der Waals surface area contributed by atoms with E-state index in [0.717, 1.165) is 31.8 Å².